The first kappa shape index (κ1) is 21.3. The maximum atomic E-state index is 13.0. The van der Waals surface area contributed by atoms with Crippen molar-refractivity contribution < 1.29 is 23.5 Å². The smallest absolute Gasteiger partial charge is 0.267 e. The predicted octanol–water partition coefficient (Wildman–Crippen LogP) is 2.45. The van der Waals surface area contributed by atoms with Gasteiger partial charge in [0.2, 0.25) is 5.91 Å². The van der Waals surface area contributed by atoms with Crippen LogP contribution < -0.4 is 15.0 Å². The van der Waals surface area contributed by atoms with E-state index in [9.17, 15) is 14.0 Å². The first-order valence-electron chi connectivity index (χ1n) is 10.5. The molecular weight excluding hydrogens is 401 g/mol. The lowest BCUT2D eigenvalue weighted by Gasteiger charge is -2.35. The number of nitrogens with one attached hydrogen (secondary N) is 1. The summed E-state index contributed by atoms with van der Waals surface area (Å²) in [4.78, 5) is 29.1. The second kappa shape index (κ2) is 9.45. The highest BCUT2D eigenvalue weighted by atomic mass is 19.1. The van der Waals surface area contributed by atoms with Crippen LogP contribution in [0.15, 0.2) is 42.5 Å². The number of rotatable bonds is 6. The Bertz CT molecular complexity index is 944. The summed E-state index contributed by atoms with van der Waals surface area (Å²) >= 11 is 0. The summed E-state index contributed by atoms with van der Waals surface area (Å²) < 4.78 is 24.2. The number of benzene rings is 2. The van der Waals surface area contributed by atoms with Crippen LogP contribution in [0.25, 0.3) is 0 Å². The number of amides is 2. The summed E-state index contributed by atoms with van der Waals surface area (Å²) in [6.45, 7) is 6.20. The number of ether oxygens (including phenoxy) is 2. The molecule has 0 radical (unpaired) electrons. The number of fused-ring (bicyclic) bond motifs is 1. The molecule has 2 aromatic rings. The molecule has 1 N–H and O–H groups in total. The molecule has 4 rings (SSSR count). The van der Waals surface area contributed by atoms with Crippen LogP contribution in [0, 0.1) is 5.82 Å². The first-order chi connectivity index (χ1) is 15.0. The molecule has 0 aromatic heterocycles. The molecule has 31 heavy (non-hydrogen) atoms. The lowest BCUT2D eigenvalue weighted by molar-refractivity contribution is -0.125. The predicted molar refractivity (Wildman–Crippen MR) is 115 cm³/mol. The lowest BCUT2D eigenvalue weighted by Crippen LogP contribution is -2.48. The zero-order valence-electron chi connectivity index (χ0n) is 17.5. The van der Waals surface area contributed by atoms with Gasteiger partial charge in [0, 0.05) is 37.9 Å². The Morgan fingerprint density at radius 1 is 1.13 bits per heavy atom. The van der Waals surface area contributed by atoms with Gasteiger partial charge >= 0.3 is 0 Å². The highest BCUT2D eigenvalue weighted by Gasteiger charge is 2.32. The Morgan fingerprint density at radius 3 is 2.61 bits per heavy atom. The summed E-state index contributed by atoms with van der Waals surface area (Å²) in [5.74, 6) is -0.0592. The molecule has 7 nitrogen and oxygen atoms in total. The van der Waals surface area contributed by atoms with E-state index in [1.807, 2.05) is 0 Å². The van der Waals surface area contributed by atoms with E-state index in [1.165, 1.54) is 12.1 Å². The third-order valence-electron chi connectivity index (χ3n) is 5.47. The topological polar surface area (TPSA) is 71.1 Å². The highest BCUT2D eigenvalue weighted by molar-refractivity contribution is 6.00. The number of carbonyl (C=O) groups excluding carboxylic acids is 2. The quantitative estimate of drug-likeness (QED) is 0.767. The molecule has 2 aliphatic heterocycles. The second-order valence-electron chi connectivity index (χ2n) is 7.74. The SMILES string of the molecule is CC1Oc2cc(NC(=O)Cc3ccc(F)cc3)ccc2N(CCN2CCOCC2)C1=O. The van der Waals surface area contributed by atoms with Crippen molar-refractivity contribution in [1.82, 2.24) is 4.90 Å². The average Bonchev–Trinajstić information content (AvgIpc) is 2.76. The Labute approximate surface area is 180 Å². The van der Waals surface area contributed by atoms with Crippen molar-refractivity contribution in [3.8, 4) is 5.75 Å². The van der Waals surface area contributed by atoms with E-state index in [0.717, 1.165) is 25.2 Å². The van der Waals surface area contributed by atoms with Gasteiger partial charge in [-0.3, -0.25) is 14.5 Å². The number of morpholine rings is 1. The number of nitrogens with zero attached hydrogens (tertiary/aromatic N) is 2. The number of hydrogen-bond donors (Lipinski definition) is 1. The van der Waals surface area contributed by atoms with Crippen molar-refractivity contribution in [3.05, 3.63) is 53.8 Å². The molecule has 1 saturated heterocycles. The van der Waals surface area contributed by atoms with Gasteiger partial charge in [0.05, 0.1) is 25.3 Å². The molecule has 1 unspecified atom stereocenters. The van der Waals surface area contributed by atoms with Crippen LogP contribution in [0.5, 0.6) is 5.75 Å². The zero-order chi connectivity index (χ0) is 21.8. The van der Waals surface area contributed by atoms with Crippen LogP contribution in [0.3, 0.4) is 0 Å². The Hall–Kier alpha value is -2.97. The van der Waals surface area contributed by atoms with E-state index in [2.05, 4.69) is 10.2 Å². The largest absolute Gasteiger partial charge is 0.479 e. The maximum absolute atomic E-state index is 13.0. The van der Waals surface area contributed by atoms with Gasteiger partial charge in [0.25, 0.3) is 5.91 Å². The normalized spacial score (nSPS) is 19.0. The molecule has 164 valence electrons. The average molecular weight is 427 g/mol. The molecule has 2 aliphatic rings. The number of hydrogen-bond acceptors (Lipinski definition) is 5. The molecule has 1 fully saturated rings. The fraction of sp³-hybridized carbons (Fsp3) is 0.391. The Morgan fingerprint density at radius 2 is 1.87 bits per heavy atom. The van der Waals surface area contributed by atoms with Crippen molar-refractivity contribution in [2.24, 2.45) is 0 Å². The number of anilines is 2. The van der Waals surface area contributed by atoms with E-state index >= 15 is 0 Å². The van der Waals surface area contributed by atoms with Gasteiger partial charge < -0.3 is 19.7 Å². The third-order valence-corrected chi connectivity index (χ3v) is 5.47. The summed E-state index contributed by atoms with van der Waals surface area (Å²) in [7, 11) is 0. The fourth-order valence-electron chi connectivity index (χ4n) is 3.78. The van der Waals surface area contributed by atoms with E-state index in [1.54, 1.807) is 42.2 Å². The molecule has 2 amide bonds. The van der Waals surface area contributed by atoms with Crippen LogP contribution in [0.2, 0.25) is 0 Å². The molecule has 2 heterocycles. The van der Waals surface area contributed by atoms with E-state index in [-0.39, 0.29) is 24.1 Å². The zero-order valence-corrected chi connectivity index (χ0v) is 17.5. The molecule has 2 aromatic carbocycles. The maximum Gasteiger partial charge on any atom is 0.267 e. The first-order valence-corrected chi connectivity index (χ1v) is 10.5. The van der Waals surface area contributed by atoms with Gasteiger partial charge in [-0.2, -0.15) is 0 Å². The van der Waals surface area contributed by atoms with Crippen molar-refractivity contribution >= 4 is 23.2 Å². The minimum absolute atomic E-state index is 0.0751. The third kappa shape index (κ3) is 5.21. The Balaban J connectivity index is 1.43. The minimum Gasteiger partial charge on any atom is -0.479 e. The molecule has 0 bridgehead atoms. The van der Waals surface area contributed by atoms with Gasteiger partial charge in [0.1, 0.15) is 11.6 Å². The fourth-order valence-corrected chi connectivity index (χ4v) is 3.78. The van der Waals surface area contributed by atoms with Crippen LogP contribution in [0.4, 0.5) is 15.8 Å². The summed E-state index contributed by atoms with van der Waals surface area (Å²) in [5, 5.41) is 2.84. The minimum atomic E-state index is -0.595. The summed E-state index contributed by atoms with van der Waals surface area (Å²) in [5.41, 5.74) is 2.01. The number of carbonyl (C=O) groups is 2. The van der Waals surface area contributed by atoms with Crippen LogP contribution >= 0.6 is 0 Å². The van der Waals surface area contributed by atoms with Gasteiger partial charge in [-0.25, -0.2) is 4.39 Å². The highest BCUT2D eigenvalue weighted by Crippen LogP contribution is 2.36. The molecular formula is C23H26FN3O4. The molecule has 0 spiro atoms. The molecule has 0 saturated carbocycles. The van der Waals surface area contributed by atoms with Crippen molar-refractivity contribution in [3.63, 3.8) is 0 Å². The van der Waals surface area contributed by atoms with Gasteiger partial charge in [0.15, 0.2) is 6.10 Å². The van der Waals surface area contributed by atoms with E-state index in [0.29, 0.717) is 36.9 Å². The van der Waals surface area contributed by atoms with Gasteiger partial charge in [-0.05, 0) is 36.8 Å². The van der Waals surface area contributed by atoms with E-state index in [4.69, 9.17) is 9.47 Å². The molecule has 0 aliphatic carbocycles. The summed E-state index contributed by atoms with van der Waals surface area (Å²) in [6.07, 6.45) is -0.457. The number of halogens is 1. The van der Waals surface area contributed by atoms with Crippen LogP contribution in [-0.4, -0.2) is 62.2 Å². The van der Waals surface area contributed by atoms with Crippen molar-refractivity contribution in [2.45, 2.75) is 19.4 Å². The standard InChI is InChI=1S/C23H26FN3O4/c1-16-23(29)27(9-8-26-10-12-30-13-11-26)20-7-6-19(15-21(20)31-16)25-22(28)14-17-2-4-18(24)5-3-17/h2-7,15-16H,8-14H2,1H3,(H,25,28). The molecule has 8 heteroatoms. The van der Waals surface area contributed by atoms with Crippen molar-refractivity contribution in [1.29, 1.82) is 0 Å². The van der Waals surface area contributed by atoms with Crippen molar-refractivity contribution in [2.75, 3.05) is 49.6 Å². The summed E-state index contributed by atoms with van der Waals surface area (Å²) in [6, 6.07) is 11.1. The van der Waals surface area contributed by atoms with Gasteiger partial charge in [-0.1, -0.05) is 12.1 Å². The Kier molecular flexibility index (Phi) is 6.48. The van der Waals surface area contributed by atoms with Gasteiger partial charge in [-0.15, -0.1) is 0 Å². The van der Waals surface area contributed by atoms with Crippen LogP contribution in [0.1, 0.15) is 12.5 Å². The lowest BCUT2D eigenvalue weighted by atomic mass is 10.1. The van der Waals surface area contributed by atoms with E-state index < -0.39 is 6.10 Å². The molecule has 1 atom stereocenters. The second-order valence-corrected chi connectivity index (χ2v) is 7.74. The monoisotopic (exact) mass is 427 g/mol. The van der Waals surface area contributed by atoms with Crippen LogP contribution in [-0.2, 0) is 20.7 Å².